The quantitative estimate of drug-likeness (QED) is 0.749. The van der Waals surface area contributed by atoms with Crippen LogP contribution in [0.5, 0.6) is 0 Å². The van der Waals surface area contributed by atoms with Gasteiger partial charge in [-0.2, -0.15) is 0 Å². The number of nitrogens with zero attached hydrogens (tertiary/aromatic N) is 1. The molecule has 2 rings (SSSR count). The van der Waals surface area contributed by atoms with Crippen molar-refractivity contribution < 1.29 is 4.39 Å². The second-order valence-electron chi connectivity index (χ2n) is 5.79. The topological polar surface area (TPSA) is 15.3 Å². The molecule has 0 aromatic heterocycles. The Bertz CT molecular complexity index is 413. The third-order valence-electron chi connectivity index (χ3n) is 4.15. The smallest absolute Gasteiger partial charge is 0.146 e. The van der Waals surface area contributed by atoms with E-state index in [0.29, 0.717) is 0 Å². The van der Waals surface area contributed by atoms with Gasteiger partial charge in [0, 0.05) is 19.1 Å². The monoisotopic (exact) mass is 278 g/mol. The lowest BCUT2D eigenvalue weighted by Crippen LogP contribution is -2.21. The maximum atomic E-state index is 14.2. The lowest BCUT2D eigenvalue weighted by molar-refractivity contribution is 0.539. The number of benzene rings is 1. The second-order valence-corrected chi connectivity index (χ2v) is 5.79. The fourth-order valence-electron chi connectivity index (χ4n) is 2.82. The third-order valence-corrected chi connectivity index (χ3v) is 4.15. The molecule has 0 saturated carbocycles. The SMILES string of the molecule is CCCCCN[C@H](C)c1ccc(N2CCCC2)c(F)c1. The Morgan fingerprint density at radius 2 is 2.00 bits per heavy atom. The summed E-state index contributed by atoms with van der Waals surface area (Å²) in [6, 6.07) is 5.92. The van der Waals surface area contributed by atoms with E-state index in [1.165, 1.54) is 32.1 Å². The van der Waals surface area contributed by atoms with Gasteiger partial charge in [-0.3, -0.25) is 0 Å². The van der Waals surface area contributed by atoms with Crippen molar-refractivity contribution in [2.75, 3.05) is 24.5 Å². The molecular weight excluding hydrogens is 251 g/mol. The van der Waals surface area contributed by atoms with E-state index in [1.54, 1.807) is 6.07 Å². The van der Waals surface area contributed by atoms with Gasteiger partial charge in [-0.1, -0.05) is 25.8 Å². The molecular formula is C17H27FN2. The van der Waals surface area contributed by atoms with E-state index in [2.05, 4.69) is 30.1 Å². The molecule has 1 N–H and O–H groups in total. The average molecular weight is 278 g/mol. The first-order valence-corrected chi connectivity index (χ1v) is 8.00. The summed E-state index contributed by atoms with van der Waals surface area (Å²) in [6.07, 6.45) is 6.03. The molecule has 0 bridgehead atoms. The van der Waals surface area contributed by atoms with Crippen LogP contribution in [0, 0.1) is 5.82 Å². The van der Waals surface area contributed by atoms with Crippen LogP contribution < -0.4 is 10.2 Å². The van der Waals surface area contributed by atoms with Crippen LogP contribution in [0.25, 0.3) is 0 Å². The normalized spacial score (nSPS) is 16.6. The number of halogens is 1. The maximum Gasteiger partial charge on any atom is 0.146 e. The molecule has 1 fully saturated rings. The third kappa shape index (κ3) is 3.95. The van der Waals surface area contributed by atoms with Crippen molar-refractivity contribution in [3.63, 3.8) is 0 Å². The van der Waals surface area contributed by atoms with Crippen LogP contribution in [0.1, 0.15) is 57.6 Å². The summed E-state index contributed by atoms with van der Waals surface area (Å²) in [5, 5.41) is 3.47. The van der Waals surface area contributed by atoms with E-state index in [-0.39, 0.29) is 11.9 Å². The van der Waals surface area contributed by atoms with Gasteiger partial charge in [0.2, 0.25) is 0 Å². The van der Waals surface area contributed by atoms with Crippen molar-refractivity contribution in [2.45, 2.75) is 52.0 Å². The highest BCUT2D eigenvalue weighted by Gasteiger charge is 2.17. The highest BCUT2D eigenvalue weighted by atomic mass is 19.1. The van der Waals surface area contributed by atoms with Crippen LogP contribution in [0.2, 0.25) is 0 Å². The van der Waals surface area contributed by atoms with E-state index in [1.807, 2.05) is 6.07 Å². The minimum absolute atomic E-state index is 0.0772. The summed E-state index contributed by atoms with van der Waals surface area (Å²) in [4.78, 5) is 2.15. The van der Waals surface area contributed by atoms with E-state index in [4.69, 9.17) is 0 Å². The summed E-state index contributed by atoms with van der Waals surface area (Å²) < 4.78 is 14.2. The Morgan fingerprint density at radius 3 is 2.65 bits per heavy atom. The predicted molar refractivity (Wildman–Crippen MR) is 83.8 cm³/mol. The zero-order valence-electron chi connectivity index (χ0n) is 12.8. The molecule has 2 nitrogen and oxygen atoms in total. The van der Waals surface area contributed by atoms with Gasteiger partial charge in [-0.05, 0) is 50.4 Å². The molecule has 1 aromatic carbocycles. The summed E-state index contributed by atoms with van der Waals surface area (Å²) in [5.74, 6) is -0.0772. The van der Waals surface area contributed by atoms with Gasteiger partial charge in [-0.25, -0.2) is 4.39 Å². The van der Waals surface area contributed by atoms with Crippen LogP contribution in [0.15, 0.2) is 18.2 Å². The van der Waals surface area contributed by atoms with Crippen LogP contribution in [-0.4, -0.2) is 19.6 Å². The van der Waals surface area contributed by atoms with E-state index in [0.717, 1.165) is 30.9 Å². The van der Waals surface area contributed by atoms with Crippen LogP contribution in [-0.2, 0) is 0 Å². The predicted octanol–water partition coefficient (Wildman–Crippen LogP) is 4.27. The molecule has 1 aliphatic rings. The van der Waals surface area contributed by atoms with Gasteiger partial charge < -0.3 is 10.2 Å². The molecule has 1 saturated heterocycles. The summed E-state index contributed by atoms with van der Waals surface area (Å²) in [7, 11) is 0. The molecule has 0 radical (unpaired) electrons. The largest absolute Gasteiger partial charge is 0.369 e. The molecule has 0 spiro atoms. The van der Waals surface area contributed by atoms with E-state index >= 15 is 0 Å². The Morgan fingerprint density at radius 1 is 1.25 bits per heavy atom. The van der Waals surface area contributed by atoms with Crippen LogP contribution in [0.3, 0.4) is 0 Å². The van der Waals surface area contributed by atoms with Crippen molar-refractivity contribution in [1.29, 1.82) is 0 Å². The lowest BCUT2D eigenvalue weighted by atomic mass is 10.1. The first kappa shape index (κ1) is 15.3. The standard InChI is InChI=1S/C17H27FN2/c1-3-4-5-10-19-14(2)15-8-9-17(16(18)13-15)20-11-6-7-12-20/h8-9,13-14,19H,3-7,10-12H2,1-2H3/t14-/m1/s1. The van der Waals surface area contributed by atoms with Gasteiger partial charge in [0.25, 0.3) is 0 Å². The molecule has 0 amide bonds. The van der Waals surface area contributed by atoms with Gasteiger partial charge in [0.1, 0.15) is 5.82 Å². The molecule has 112 valence electrons. The highest BCUT2D eigenvalue weighted by molar-refractivity contribution is 5.50. The van der Waals surface area contributed by atoms with Gasteiger partial charge in [-0.15, -0.1) is 0 Å². The molecule has 3 heteroatoms. The number of nitrogens with one attached hydrogen (secondary N) is 1. The highest BCUT2D eigenvalue weighted by Crippen LogP contribution is 2.26. The molecule has 0 unspecified atom stereocenters. The summed E-state index contributed by atoms with van der Waals surface area (Å²) >= 11 is 0. The van der Waals surface area contributed by atoms with Crippen molar-refractivity contribution >= 4 is 5.69 Å². The average Bonchev–Trinajstić information content (AvgIpc) is 2.97. The fourth-order valence-corrected chi connectivity index (χ4v) is 2.82. The zero-order chi connectivity index (χ0) is 14.4. The van der Waals surface area contributed by atoms with Crippen LogP contribution in [0.4, 0.5) is 10.1 Å². The number of hydrogen-bond acceptors (Lipinski definition) is 2. The van der Waals surface area contributed by atoms with Gasteiger partial charge in [0.15, 0.2) is 0 Å². The Kier molecular flexibility index (Phi) is 5.84. The second kappa shape index (κ2) is 7.63. The molecule has 1 aromatic rings. The van der Waals surface area contributed by atoms with Crippen LogP contribution >= 0.6 is 0 Å². The molecule has 0 aliphatic carbocycles. The zero-order valence-corrected chi connectivity index (χ0v) is 12.8. The molecule has 1 atom stereocenters. The molecule has 1 heterocycles. The summed E-state index contributed by atoms with van der Waals surface area (Å²) in [6.45, 7) is 7.29. The number of anilines is 1. The van der Waals surface area contributed by atoms with Gasteiger partial charge >= 0.3 is 0 Å². The molecule has 1 aliphatic heterocycles. The lowest BCUT2D eigenvalue weighted by Gasteiger charge is -2.20. The van der Waals surface area contributed by atoms with Gasteiger partial charge in [0.05, 0.1) is 5.69 Å². The summed E-state index contributed by atoms with van der Waals surface area (Å²) in [5.41, 5.74) is 1.81. The minimum atomic E-state index is -0.0772. The van der Waals surface area contributed by atoms with E-state index in [9.17, 15) is 4.39 Å². The first-order valence-electron chi connectivity index (χ1n) is 8.00. The fraction of sp³-hybridized carbons (Fsp3) is 0.647. The number of rotatable bonds is 7. The number of hydrogen-bond donors (Lipinski definition) is 1. The van der Waals surface area contributed by atoms with E-state index < -0.39 is 0 Å². The maximum absolute atomic E-state index is 14.2. The number of unbranched alkanes of at least 4 members (excludes halogenated alkanes) is 2. The Hall–Kier alpha value is -1.09. The Labute approximate surface area is 122 Å². The first-order chi connectivity index (χ1) is 9.72. The van der Waals surface area contributed by atoms with Crippen molar-refractivity contribution in [2.24, 2.45) is 0 Å². The molecule has 20 heavy (non-hydrogen) atoms. The Balaban J connectivity index is 1.93. The minimum Gasteiger partial charge on any atom is -0.369 e. The van der Waals surface area contributed by atoms with Crippen molar-refractivity contribution in [3.05, 3.63) is 29.6 Å². The van der Waals surface area contributed by atoms with Crippen molar-refractivity contribution in [1.82, 2.24) is 5.32 Å². The van der Waals surface area contributed by atoms with Crippen molar-refractivity contribution in [3.8, 4) is 0 Å².